The van der Waals surface area contributed by atoms with Gasteiger partial charge in [-0.25, -0.2) is 9.59 Å². The Morgan fingerprint density at radius 3 is 1.95 bits per heavy atom. The first-order valence-corrected chi connectivity index (χ1v) is 14.4. The van der Waals surface area contributed by atoms with Crippen LogP contribution in [0, 0.1) is 0 Å². The zero-order valence-electron chi connectivity index (χ0n) is 23.6. The summed E-state index contributed by atoms with van der Waals surface area (Å²) < 4.78 is 90.9. The molecular weight excluding hydrogens is 681 g/mol. The van der Waals surface area contributed by atoms with Crippen LogP contribution in [0.15, 0.2) is 48.5 Å². The number of alkyl halides is 7. The lowest BCUT2D eigenvalue weighted by Gasteiger charge is -2.47. The largest absolute Gasteiger partial charge is 0.453 e. The molecule has 0 aliphatic carbocycles. The van der Waals surface area contributed by atoms with Gasteiger partial charge in [0.05, 0.1) is 18.2 Å². The van der Waals surface area contributed by atoms with E-state index >= 15 is 0 Å². The van der Waals surface area contributed by atoms with E-state index in [2.05, 4.69) is 0 Å². The molecule has 3 atom stereocenters. The fourth-order valence-corrected chi connectivity index (χ4v) is 5.45. The zero-order valence-corrected chi connectivity index (χ0v) is 25.7. The van der Waals surface area contributed by atoms with Crippen LogP contribution in [0.2, 0.25) is 0 Å². The molecule has 1 saturated heterocycles. The van der Waals surface area contributed by atoms with E-state index in [9.17, 15) is 35.9 Å². The highest BCUT2D eigenvalue weighted by Gasteiger charge is 2.43. The van der Waals surface area contributed by atoms with Crippen molar-refractivity contribution >= 4 is 34.8 Å². The van der Waals surface area contributed by atoms with Crippen LogP contribution in [0.5, 0.6) is 0 Å². The van der Waals surface area contributed by atoms with E-state index in [4.69, 9.17) is 9.47 Å². The molecule has 3 unspecified atom stereocenters. The highest BCUT2D eigenvalue weighted by Crippen LogP contribution is 2.38. The van der Waals surface area contributed by atoms with E-state index in [1.807, 2.05) is 59.8 Å². The molecule has 0 N–H and O–H groups in total. The van der Waals surface area contributed by atoms with Crippen molar-refractivity contribution in [2.75, 3.05) is 7.11 Å². The summed E-state index contributed by atoms with van der Waals surface area (Å²) in [6.45, 7) is 4.76. The molecule has 0 spiro atoms. The number of piperidine rings is 1. The molecule has 2 aromatic carbocycles. The second-order valence-electron chi connectivity index (χ2n) is 10.7. The van der Waals surface area contributed by atoms with E-state index in [-0.39, 0.29) is 24.5 Å². The number of rotatable bonds is 7. The molecule has 1 heterocycles. The SMILES string of the molecule is CCC1CC(N(Cc2cc(C(F)(F)F)cc(C(F)(F)F)c2)C(=O)OC)CC(Cc2ccccc2)N1C(=O)OC(C)(C)I. The Morgan fingerprint density at radius 1 is 0.929 bits per heavy atom. The molecular formula is C29H33F6IN2O4. The van der Waals surface area contributed by atoms with Crippen molar-refractivity contribution in [3.05, 3.63) is 70.8 Å². The highest BCUT2D eigenvalue weighted by molar-refractivity contribution is 14.1. The van der Waals surface area contributed by atoms with Crippen LogP contribution in [-0.4, -0.2) is 50.8 Å². The summed E-state index contributed by atoms with van der Waals surface area (Å²) >= 11 is 2.00. The Balaban J connectivity index is 2.03. The average molecular weight is 714 g/mol. The second kappa shape index (κ2) is 13.3. The summed E-state index contributed by atoms with van der Waals surface area (Å²) in [5.74, 6) is 0. The van der Waals surface area contributed by atoms with Gasteiger partial charge in [-0.3, -0.25) is 0 Å². The number of carbonyl (C=O) groups is 2. The molecule has 2 aromatic rings. The molecule has 0 bridgehead atoms. The Kier molecular flexibility index (Phi) is 10.7. The van der Waals surface area contributed by atoms with Crippen molar-refractivity contribution in [1.29, 1.82) is 0 Å². The first kappa shape index (κ1) is 33.8. The number of nitrogens with zero attached hydrogens (tertiary/aromatic N) is 2. The number of halogens is 7. The summed E-state index contributed by atoms with van der Waals surface area (Å²) in [6, 6.07) is 9.00. The van der Waals surface area contributed by atoms with Gasteiger partial charge in [-0.05, 0) is 91.4 Å². The molecule has 1 fully saturated rings. The maximum absolute atomic E-state index is 13.5. The predicted octanol–water partition coefficient (Wildman–Crippen LogP) is 8.45. The van der Waals surface area contributed by atoms with Crippen molar-refractivity contribution in [3.8, 4) is 0 Å². The summed E-state index contributed by atoms with van der Waals surface area (Å²) in [5, 5.41) is 0. The topological polar surface area (TPSA) is 59.1 Å². The van der Waals surface area contributed by atoms with Crippen LogP contribution in [0.4, 0.5) is 35.9 Å². The molecule has 13 heteroatoms. The lowest BCUT2D eigenvalue weighted by Crippen LogP contribution is -2.58. The molecule has 2 amide bonds. The molecule has 0 saturated carbocycles. The van der Waals surface area contributed by atoms with Crippen LogP contribution in [0.25, 0.3) is 0 Å². The van der Waals surface area contributed by atoms with Crippen LogP contribution in [-0.2, 0) is 34.8 Å². The third kappa shape index (κ3) is 8.90. The third-order valence-corrected chi connectivity index (χ3v) is 7.27. The lowest BCUT2D eigenvalue weighted by molar-refractivity contribution is -0.143. The fourth-order valence-electron chi connectivity index (χ4n) is 5.26. The normalized spacial score (nSPS) is 19.8. The van der Waals surface area contributed by atoms with Gasteiger partial charge in [0.1, 0.15) is 0 Å². The van der Waals surface area contributed by atoms with Crippen LogP contribution in [0.1, 0.15) is 62.3 Å². The van der Waals surface area contributed by atoms with Crippen molar-refractivity contribution in [3.63, 3.8) is 0 Å². The minimum absolute atomic E-state index is 0.0493. The standard InChI is InChI=1S/C29H33F6IN2O4/c1-5-22-15-23(16-24(13-18-9-7-6-8-10-18)38(22)26(40)42-27(2,3)36)37(25(39)41-4)17-19-11-20(28(30,31)32)14-21(12-19)29(33,34)35/h6-12,14,22-24H,5,13,15-17H2,1-4H3. The summed E-state index contributed by atoms with van der Waals surface area (Å²) in [7, 11) is 1.09. The predicted molar refractivity (Wildman–Crippen MR) is 152 cm³/mol. The molecule has 6 nitrogen and oxygen atoms in total. The molecule has 1 aliphatic rings. The highest BCUT2D eigenvalue weighted by atomic mass is 127. The van der Waals surface area contributed by atoms with Crippen LogP contribution in [0.3, 0.4) is 0 Å². The van der Waals surface area contributed by atoms with E-state index in [0.717, 1.165) is 17.6 Å². The average Bonchev–Trinajstić information content (AvgIpc) is 2.89. The van der Waals surface area contributed by atoms with Crippen LogP contribution >= 0.6 is 22.6 Å². The monoisotopic (exact) mass is 714 g/mol. The van der Waals surface area contributed by atoms with Gasteiger partial charge in [0, 0.05) is 24.7 Å². The second-order valence-corrected chi connectivity index (χ2v) is 13.3. The maximum atomic E-state index is 13.5. The molecule has 42 heavy (non-hydrogen) atoms. The Morgan fingerprint density at radius 2 is 1.48 bits per heavy atom. The van der Waals surface area contributed by atoms with E-state index < -0.39 is 63.9 Å². The minimum Gasteiger partial charge on any atom is -0.453 e. The van der Waals surface area contributed by atoms with Gasteiger partial charge in [0.2, 0.25) is 0 Å². The van der Waals surface area contributed by atoms with Crippen molar-refractivity contribution in [2.24, 2.45) is 0 Å². The van der Waals surface area contributed by atoms with Crippen molar-refractivity contribution in [1.82, 2.24) is 9.80 Å². The first-order chi connectivity index (χ1) is 19.4. The van der Waals surface area contributed by atoms with E-state index in [1.54, 1.807) is 18.7 Å². The summed E-state index contributed by atoms with van der Waals surface area (Å²) in [4.78, 5) is 29.2. The number of likely N-dealkylation sites (tertiary alicyclic amines) is 1. The number of carbonyl (C=O) groups excluding carboxylic acids is 2. The van der Waals surface area contributed by atoms with E-state index in [1.165, 1.54) is 0 Å². The third-order valence-electron chi connectivity index (χ3n) is 7.05. The van der Waals surface area contributed by atoms with Crippen molar-refractivity contribution < 1.29 is 45.4 Å². The summed E-state index contributed by atoms with van der Waals surface area (Å²) in [5.41, 5.74) is -2.38. The quantitative estimate of drug-likeness (QED) is 0.164. The number of hydrogen-bond donors (Lipinski definition) is 0. The number of hydrogen-bond acceptors (Lipinski definition) is 4. The maximum Gasteiger partial charge on any atom is 0.416 e. The Labute approximate surface area is 254 Å². The first-order valence-electron chi connectivity index (χ1n) is 13.3. The molecule has 3 rings (SSSR count). The Bertz CT molecular complexity index is 1200. The van der Waals surface area contributed by atoms with Gasteiger partial charge in [0.25, 0.3) is 0 Å². The van der Waals surface area contributed by atoms with Gasteiger partial charge in [-0.1, -0.05) is 37.3 Å². The van der Waals surface area contributed by atoms with E-state index in [0.29, 0.717) is 25.0 Å². The fraction of sp³-hybridized carbons (Fsp3) is 0.517. The number of amides is 2. The number of benzene rings is 2. The molecule has 0 radical (unpaired) electrons. The Hall–Kier alpha value is -2.71. The lowest BCUT2D eigenvalue weighted by atomic mass is 9.86. The smallest absolute Gasteiger partial charge is 0.416 e. The van der Waals surface area contributed by atoms with Gasteiger partial charge < -0.3 is 19.3 Å². The van der Waals surface area contributed by atoms with Gasteiger partial charge in [-0.2, -0.15) is 26.3 Å². The van der Waals surface area contributed by atoms with Crippen LogP contribution < -0.4 is 0 Å². The molecule has 232 valence electrons. The summed E-state index contributed by atoms with van der Waals surface area (Å²) in [6.07, 6.45) is -10.2. The van der Waals surface area contributed by atoms with Gasteiger partial charge >= 0.3 is 24.5 Å². The molecule has 0 aromatic heterocycles. The number of methoxy groups -OCH3 is 1. The van der Waals surface area contributed by atoms with Crippen molar-refractivity contribution in [2.45, 2.75) is 87.1 Å². The zero-order chi connectivity index (χ0) is 31.5. The number of ether oxygens (including phenoxy) is 2. The van der Waals surface area contributed by atoms with Gasteiger partial charge in [-0.15, -0.1) is 0 Å². The van der Waals surface area contributed by atoms with Gasteiger partial charge in [0.15, 0.2) is 3.61 Å². The minimum atomic E-state index is -5.03. The molecule has 1 aliphatic heterocycles.